The molecule has 1 aromatic heterocycles. The van der Waals surface area contributed by atoms with Crippen molar-refractivity contribution in [2.24, 2.45) is 0 Å². The topological polar surface area (TPSA) is 3.24 Å². The zero-order valence-electron chi connectivity index (χ0n) is 20.0. The summed E-state index contributed by atoms with van der Waals surface area (Å²) in [4.78, 5) is 1.35. The van der Waals surface area contributed by atoms with Gasteiger partial charge in [-0.15, -0.1) is 23.7 Å². The van der Waals surface area contributed by atoms with Crippen molar-refractivity contribution >= 4 is 23.7 Å². The molecule has 0 unspecified atom stereocenters. The van der Waals surface area contributed by atoms with Crippen molar-refractivity contribution in [2.75, 3.05) is 13.0 Å². The molecule has 0 N–H and O–H groups in total. The largest absolute Gasteiger partial charge is 0.293 e. The van der Waals surface area contributed by atoms with Crippen LogP contribution in [0.4, 0.5) is 0 Å². The maximum absolute atomic E-state index is 8.51. The molecule has 0 amide bonds. The summed E-state index contributed by atoms with van der Waals surface area (Å²) >= 11 is 1.31. The van der Waals surface area contributed by atoms with Gasteiger partial charge in [0.1, 0.15) is 0 Å². The molecule has 1 nitrogen and oxygen atoms in total. The van der Waals surface area contributed by atoms with E-state index in [4.69, 9.17) is 13.7 Å². The van der Waals surface area contributed by atoms with Crippen LogP contribution in [0.25, 0.3) is 0 Å². The standard InChI is InChI=1S/C15H23NS.ClH/c1-3-9-15(10-4-1,14-8-7-13-17-14)16-11-5-2-6-12-16;/h7-8,13H,1-6,9-12H2;1H/i2D2,5D2,6D2,11D2,12D2;. The van der Waals surface area contributed by atoms with Crippen molar-refractivity contribution in [1.82, 2.24) is 4.90 Å². The van der Waals surface area contributed by atoms with E-state index in [1.165, 1.54) is 11.3 Å². The van der Waals surface area contributed by atoms with E-state index < -0.39 is 37.7 Å². The van der Waals surface area contributed by atoms with E-state index in [0.29, 0.717) is 35.5 Å². The Hall–Kier alpha value is -0.0500. The number of likely N-dealkylation sites (tertiary alicyclic amines) is 1. The predicted molar refractivity (Wildman–Crippen MR) is 81.8 cm³/mol. The fourth-order valence-corrected chi connectivity index (χ4v) is 3.68. The predicted octanol–water partition coefficient (Wildman–Crippen LogP) is 4.82. The second-order valence-electron chi connectivity index (χ2n) is 4.50. The summed E-state index contributed by atoms with van der Waals surface area (Å²) in [5, 5.41) is 1.78. The third-order valence-electron chi connectivity index (χ3n) is 3.55. The van der Waals surface area contributed by atoms with Crippen molar-refractivity contribution in [3.05, 3.63) is 22.4 Å². The third kappa shape index (κ3) is 2.61. The molecular formula is C15H24ClNS. The number of nitrogens with zero attached hydrogens (tertiary/aromatic N) is 1. The molecule has 1 aliphatic heterocycles. The second-order valence-corrected chi connectivity index (χ2v) is 5.45. The van der Waals surface area contributed by atoms with Gasteiger partial charge in [0.25, 0.3) is 0 Å². The number of thiophene rings is 1. The zero-order valence-corrected chi connectivity index (χ0v) is 11.7. The minimum atomic E-state index is -3.37. The van der Waals surface area contributed by atoms with E-state index in [-0.39, 0.29) is 12.4 Å². The molecule has 2 heterocycles. The Morgan fingerprint density at radius 3 is 2.44 bits per heavy atom. The van der Waals surface area contributed by atoms with E-state index >= 15 is 0 Å². The lowest BCUT2D eigenvalue weighted by molar-refractivity contribution is 0.0332. The number of piperidine rings is 1. The first kappa shape index (κ1) is 6.15. The molecule has 1 saturated heterocycles. The highest BCUT2D eigenvalue weighted by molar-refractivity contribution is 7.10. The summed E-state index contributed by atoms with van der Waals surface area (Å²) in [5.74, 6) is 0. The molecule has 1 saturated carbocycles. The summed E-state index contributed by atoms with van der Waals surface area (Å²) in [7, 11) is 0. The lowest BCUT2D eigenvalue weighted by Crippen LogP contribution is -2.49. The number of hydrogen-bond acceptors (Lipinski definition) is 2. The number of rotatable bonds is 2. The van der Waals surface area contributed by atoms with E-state index in [1.807, 2.05) is 0 Å². The van der Waals surface area contributed by atoms with Gasteiger partial charge < -0.3 is 0 Å². The van der Waals surface area contributed by atoms with Crippen LogP contribution >= 0.6 is 23.7 Å². The first-order valence-electron chi connectivity index (χ1n) is 11.0. The van der Waals surface area contributed by atoms with Gasteiger partial charge in [-0.3, -0.25) is 4.90 Å². The Morgan fingerprint density at radius 2 is 1.83 bits per heavy atom. The molecule has 0 spiro atoms. The second kappa shape index (κ2) is 6.40. The highest BCUT2D eigenvalue weighted by atomic mass is 35.5. The van der Waals surface area contributed by atoms with Crippen LogP contribution in [0.3, 0.4) is 0 Å². The molecule has 0 atom stereocenters. The molecule has 0 bridgehead atoms. The summed E-state index contributed by atoms with van der Waals surface area (Å²) in [6.45, 7) is -6.13. The molecule has 2 aliphatic rings. The van der Waals surface area contributed by atoms with Gasteiger partial charge in [-0.25, -0.2) is 0 Å². The highest BCUT2D eigenvalue weighted by Crippen LogP contribution is 2.45. The number of hydrogen-bond donors (Lipinski definition) is 0. The monoisotopic (exact) mass is 295 g/mol. The Labute approximate surface area is 135 Å². The minimum absolute atomic E-state index is 0. The number of halogens is 1. The maximum Gasteiger partial charge on any atom is 0.0553 e. The van der Waals surface area contributed by atoms with E-state index in [2.05, 4.69) is 0 Å². The van der Waals surface area contributed by atoms with Crippen LogP contribution in [-0.4, -0.2) is 17.9 Å². The quantitative estimate of drug-likeness (QED) is 0.756. The van der Waals surface area contributed by atoms with E-state index in [9.17, 15) is 0 Å². The Bertz CT molecular complexity index is 670. The summed E-state index contributed by atoms with van der Waals surface area (Å²) in [5.41, 5.74) is -1.23. The molecule has 3 rings (SSSR count). The lowest BCUT2D eigenvalue weighted by atomic mass is 9.78. The third-order valence-corrected chi connectivity index (χ3v) is 4.61. The minimum Gasteiger partial charge on any atom is -0.293 e. The van der Waals surface area contributed by atoms with Crippen LogP contribution in [0.1, 0.15) is 69.8 Å². The maximum atomic E-state index is 8.51. The molecule has 102 valence electrons. The fraction of sp³-hybridized carbons (Fsp3) is 0.733. The van der Waals surface area contributed by atoms with Gasteiger partial charge >= 0.3 is 0 Å². The van der Waals surface area contributed by atoms with Crippen LogP contribution in [0.2, 0.25) is 0 Å². The first-order chi connectivity index (χ1) is 12.2. The van der Waals surface area contributed by atoms with Crippen LogP contribution in [0, 0.1) is 0 Å². The first-order valence-corrected chi connectivity index (χ1v) is 6.90. The van der Waals surface area contributed by atoms with E-state index in [0.717, 1.165) is 6.42 Å². The van der Waals surface area contributed by atoms with Crippen LogP contribution < -0.4 is 0 Å². The molecule has 1 aromatic rings. The summed E-state index contributed by atoms with van der Waals surface area (Å²) < 4.78 is 82.8. The molecule has 2 fully saturated rings. The van der Waals surface area contributed by atoms with Crippen LogP contribution in [-0.2, 0) is 5.54 Å². The van der Waals surface area contributed by atoms with Gasteiger partial charge in [-0.2, -0.15) is 0 Å². The Balaban J connectivity index is 0.00000280. The van der Waals surface area contributed by atoms with Crippen molar-refractivity contribution in [1.29, 1.82) is 0 Å². The van der Waals surface area contributed by atoms with Crippen molar-refractivity contribution in [2.45, 2.75) is 56.8 Å². The van der Waals surface area contributed by atoms with Crippen molar-refractivity contribution in [3.63, 3.8) is 0 Å². The van der Waals surface area contributed by atoms with Gasteiger partial charge in [-0.1, -0.05) is 31.7 Å². The fourth-order valence-electron chi connectivity index (χ4n) is 2.70. The van der Waals surface area contributed by atoms with E-state index in [1.54, 1.807) is 17.5 Å². The highest BCUT2D eigenvalue weighted by Gasteiger charge is 2.40. The lowest BCUT2D eigenvalue weighted by Gasteiger charge is -2.48. The molecular weight excluding hydrogens is 262 g/mol. The van der Waals surface area contributed by atoms with Gasteiger partial charge in [0.2, 0.25) is 0 Å². The normalized spacial score (nSPS) is 46.7. The zero-order chi connectivity index (χ0) is 20.5. The van der Waals surface area contributed by atoms with Crippen LogP contribution in [0.15, 0.2) is 17.5 Å². The summed E-state index contributed by atoms with van der Waals surface area (Å²) in [6.07, 6.45) is -6.93. The SMILES string of the molecule is Cl.[2H]C1([2H])N(C2(c3cccs3)CCCCC2)C([2H])([2H])C([2H])([2H])C([2H])([2H])C1([2H])[2H]. The van der Waals surface area contributed by atoms with Gasteiger partial charge in [0.05, 0.1) is 5.54 Å². The Morgan fingerprint density at radius 1 is 1.11 bits per heavy atom. The molecule has 18 heavy (non-hydrogen) atoms. The van der Waals surface area contributed by atoms with Crippen molar-refractivity contribution in [3.8, 4) is 0 Å². The summed E-state index contributed by atoms with van der Waals surface area (Å²) in [6, 6.07) is 3.50. The van der Waals surface area contributed by atoms with Crippen molar-refractivity contribution < 1.29 is 13.7 Å². The van der Waals surface area contributed by atoms with Gasteiger partial charge in [-0.05, 0) is 50.0 Å². The molecule has 3 heteroatoms. The molecule has 0 radical (unpaired) electrons. The Kier molecular flexibility index (Phi) is 2.19. The molecule has 0 aromatic carbocycles. The molecule has 1 aliphatic carbocycles. The smallest absolute Gasteiger partial charge is 0.0553 e. The van der Waals surface area contributed by atoms with Gasteiger partial charge in [0.15, 0.2) is 0 Å². The van der Waals surface area contributed by atoms with Gasteiger partial charge in [0, 0.05) is 18.6 Å². The van der Waals surface area contributed by atoms with Crippen LogP contribution in [0.5, 0.6) is 0 Å². The average Bonchev–Trinajstić information content (AvgIpc) is 3.08. The average molecular weight is 296 g/mol.